The van der Waals surface area contributed by atoms with Crippen LogP contribution in [0.5, 0.6) is 5.75 Å². The van der Waals surface area contributed by atoms with Crippen molar-refractivity contribution in [1.82, 2.24) is 4.90 Å². The molecule has 6 nitrogen and oxygen atoms in total. The topological polar surface area (TPSA) is 68.2 Å². The first-order valence-electron chi connectivity index (χ1n) is 9.06. The van der Waals surface area contributed by atoms with Crippen LogP contribution in [0.3, 0.4) is 0 Å². The Kier molecular flexibility index (Phi) is 5.60. The molecular formula is C20H24N2O4S. The number of allylic oxidation sites excluding steroid dienone is 1. The van der Waals surface area contributed by atoms with Gasteiger partial charge in [-0.1, -0.05) is 23.9 Å². The first kappa shape index (κ1) is 19.5. The molecule has 3 rings (SSSR count). The van der Waals surface area contributed by atoms with Gasteiger partial charge in [-0.15, -0.1) is 0 Å². The van der Waals surface area contributed by atoms with Crippen molar-refractivity contribution < 1.29 is 19.1 Å². The molecule has 2 aliphatic heterocycles. The third-order valence-corrected chi connectivity index (χ3v) is 5.38. The van der Waals surface area contributed by atoms with E-state index in [4.69, 9.17) is 9.47 Å². The van der Waals surface area contributed by atoms with Gasteiger partial charge in [-0.25, -0.2) is 9.79 Å². The highest BCUT2D eigenvalue weighted by Crippen LogP contribution is 2.43. The van der Waals surface area contributed by atoms with E-state index in [1.807, 2.05) is 38.1 Å². The lowest BCUT2D eigenvalue weighted by Crippen LogP contribution is -2.40. The van der Waals surface area contributed by atoms with E-state index in [9.17, 15) is 9.59 Å². The summed E-state index contributed by atoms with van der Waals surface area (Å²) in [5.41, 5.74) is 1.81. The third kappa shape index (κ3) is 3.74. The van der Waals surface area contributed by atoms with Gasteiger partial charge < -0.3 is 9.47 Å². The van der Waals surface area contributed by atoms with Crippen molar-refractivity contribution in [3.8, 4) is 5.75 Å². The Morgan fingerprint density at radius 2 is 1.96 bits per heavy atom. The maximum atomic E-state index is 12.8. The number of carbonyl (C=O) groups is 2. The van der Waals surface area contributed by atoms with E-state index in [-0.39, 0.29) is 17.3 Å². The Morgan fingerprint density at radius 1 is 1.30 bits per heavy atom. The Hall–Kier alpha value is -2.28. The molecule has 0 aliphatic carbocycles. The van der Waals surface area contributed by atoms with Crippen molar-refractivity contribution in [2.45, 2.75) is 52.0 Å². The number of benzene rings is 1. The number of fused-ring (bicyclic) bond motifs is 1. The van der Waals surface area contributed by atoms with Gasteiger partial charge in [-0.05, 0) is 52.3 Å². The molecule has 0 radical (unpaired) electrons. The number of aliphatic imine (C=N–C) groups is 1. The Balaban J connectivity index is 2.07. The predicted octanol–water partition coefficient (Wildman–Crippen LogP) is 3.69. The monoisotopic (exact) mass is 388 g/mol. The van der Waals surface area contributed by atoms with Crippen molar-refractivity contribution in [3.63, 3.8) is 0 Å². The number of ether oxygens (including phenoxy) is 2. The fourth-order valence-corrected chi connectivity index (χ4v) is 4.20. The number of hydrogen-bond acceptors (Lipinski definition) is 6. The molecule has 0 spiro atoms. The van der Waals surface area contributed by atoms with Gasteiger partial charge in [-0.3, -0.25) is 9.69 Å². The van der Waals surface area contributed by atoms with Crippen LogP contribution in [0, 0.1) is 0 Å². The molecule has 0 saturated carbocycles. The van der Waals surface area contributed by atoms with Gasteiger partial charge >= 0.3 is 5.97 Å². The Labute approximate surface area is 163 Å². The zero-order valence-corrected chi connectivity index (χ0v) is 17.0. The first-order valence-corrected chi connectivity index (χ1v) is 9.94. The number of hydrogen-bond donors (Lipinski definition) is 0. The van der Waals surface area contributed by atoms with E-state index in [1.54, 1.807) is 25.7 Å². The third-order valence-electron chi connectivity index (χ3n) is 4.33. The van der Waals surface area contributed by atoms with Crippen LogP contribution in [0.2, 0.25) is 0 Å². The normalized spacial score (nSPS) is 22.1. The SMILES string of the molecule is CCOc1ccc(C2C(C(=O)OC(C)C)=C(C)N=C3SC(C)C(=O)N32)cc1. The fraction of sp³-hybridized carbons (Fsp3) is 0.450. The highest BCUT2D eigenvalue weighted by Gasteiger charge is 2.46. The highest BCUT2D eigenvalue weighted by atomic mass is 32.2. The molecular weight excluding hydrogens is 364 g/mol. The molecule has 2 heterocycles. The number of thioether (sulfide) groups is 1. The van der Waals surface area contributed by atoms with E-state index >= 15 is 0 Å². The highest BCUT2D eigenvalue weighted by molar-refractivity contribution is 8.15. The molecule has 27 heavy (non-hydrogen) atoms. The number of esters is 1. The fourth-order valence-electron chi connectivity index (χ4n) is 3.17. The van der Waals surface area contributed by atoms with Gasteiger partial charge in [0, 0.05) is 0 Å². The maximum absolute atomic E-state index is 12.8. The summed E-state index contributed by atoms with van der Waals surface area (Å²) in [4.78, 5) is 31.8. The predicted molar refractivity (Wildman–Crippen MR) is 106 cm³/mol. The van der Waals surface area contributed by atoms with Crippen molar-refractivity contribution in [1.29, 1.82) is 0 Å². The van der Waals surface area contributed by atoms with Crippen LogP contribution in [0.25, 0.3) is 0 Å². The zero-order chi connectivity index (χ0) is 19.7. The lowest BCUT2D eigenvalue weighted by atomic mass is 9.94. The number of nitrogens with zero attached hydrogens (tertiary/aromatic N) is 2. The molecule has 2 atom stereocenters. The van der Waals surface area contributed by atoms with Crippen molar-refractivity contribution in [3.05, 3.63) is 41.1 Å². The second-order valence-electron chi connectivity index (χ2n) is 6.72. The van der Waals surface area contributed by atoms with Crippen LogP contribution in [0.15, 0.2) is 40.5 Å². The van der Waals surface area contributed by atoms with Crippen molar-refractivity contribution in [2.75, 3.05) is 6.61 Å². The van der Waals surface area contributed by atoms with Crippen LogP contribution < -0.4 is 4.74 Å². The smallest absolute Gasteiger partial charge is 0.338 e. The van der Waals surface area contributed by atoms with Crippen LogP contribution in [-0.4, -0.2) is 39.9 Å². The van der Waals surface area contributed by atoms with Crippen LogP contribution in [0.1, 0.15) is 46.2 Å². The number of rotatable bonds is 5. The molecule has 0 aromatic heterocycles. The molecule has 1 aromatic carbocycles. The van der Waals surface area contributed by atoms with Gasteiger partial charge in [0.25, 0.3) is 0 Å². The molecule has 1 fully saturated rings. The van der Waals surface area contributed by atoms with Gasteiger partial charge in [0.1, 0.15) is 5.75 Å². The van der Waals surface area contributed by atoms with Gasteiger partial charge in [-0.2, -0.15) is 0 Å². The number of amides is 1. The van der Waals surface area contributed by atoms with Gasteiger partial charge in [0.15, 0.2) is 5.17 Å². The van der Waals surface area contributed by atoms with E-state index < -0.39 is 12.0 Å². The average molecular weight is 388 g/mol. The van der Waals surface area contributed by atoms with Gasteiger partial charge in [0.2, 0.25) is 5.91 Å². The van der Waals surface area contributed by atoms with E-state index in [2.05, 4.69) is 4.99 Å². The Bertz CT molecular complexity index is 814. The number of amidine groups is 1. The molecule has 1 aromatic rings. The molecule has 0 bridgehead atoms. The standard InChI is InChI=1S/C20H24N2O4S/c1-6-25-15-9-7-14(8-10-15)17-16(19(24)26-11(2)3)12(4)21-20-22(17)18(23)13(5)27-20/h7-11,13,17H,6H2,1-5H3. The molecule has 1 amide bonds. The molecule has 2 unspecified atom stereocenters. The average Bonchev–Trinajstić information content (AvgIpc) is 2.88. The first-order chi connectivity index (χ1) is 12.8. The van der Waals surface area contributed by atoms with E-state index in [1.165, 1.54) is 11.8 Å². The minimum Gasteiger partial charge on any atom is -0.494 e. The minimum atomic E-state index is -0.552. The summed E-state index contributed by atoms with van der Waals surface area (Å²) in [6.07, 6.45) is -0.258. The lowest BCUT2D eigenvalue weighted by Gasteiger charge is -2.33. The summed E-state index contributed by atoms with van der Waals surface area (Å²) < 4.78 is 11.0. The summed E-state index contributed by atoms with van der Waals surface area (Å²) in [5, 5.41) is 0.396. The van der Waals surface area contributed by atoms with Crippen molar-refractivity contribution >= 4 is 28.8 Å². The molecule has 7 heteroatoms. The summed E-state index contributed by atoms with van der Waals surface area (Å²) in [5.74, 6) is 0.245. The summed E-state index contributed by atoms with van der Waals surface area (Å²) in [7, 11) is 0. The van der Waals surface area contributed by atoms with Crippen LogP contribution in [0.4, 0.5) is 0 Å². The zero-order valence-electron chi connectivity index (χ0n) is 16.2. The summed E-state index contributed by atoms with van der Waals surface area (Å²) in [6, 6.07) is 6.92. The quantitative estimate of drug-likeness (QED) is 0.720. The maximum Gasteiger partial charge on any atom is 0.338 e. The lowest BCUT2D eigenvalue weighted by molar-refractivity contribution is -0.143. The molecule has 144 valence electrons. The second kappa shape index (κ2) is 7.76. The van der Waals surface area contributed by atoms with E-state index in [0.717, 1.165) is 11.3 Å². The Morgan fingerprint density at radius 3 is 2.56 bits per heavy atom. The second-order valence-corrected chi connectivity index (χ2v) is 8.03. The van der Waals surface area contributed by atoms with Gasteiger partial charge in [0.05, 0.1) is 35.3 Å². The minimum absolute atomic E-state index is 0.0556. The largest absolute Gasteiger partial charge is 0.494 e. The summed E-state index contributed by atoms with van der Waals surface area (Å²) >= 11 is 1.41. The summed E-state index contributed by atoms with van der Waals surface area (Å²) in [6.45, 7) is 9.74. The molecule has 1 saturated heterocycles. The molecule has 2 aliphatic rings. The molecule has 0 N–H and O–H groups in total. The van der Waals surface area contributed by atoms with E-state index in [0.29, 0.717) is 23.0 Å². The van der Waals surface area contributed by atoms with Crippen molar-refractivity contribution in [2.24, 2.45) is 4.99 Å². The number of carbonyl (C=O) groups excluding carboxylic acids is 2. The van der Waals surface area contributed by atoms with Crippen LogP contribution in [-0.2, 0) is 14.3 Å². The van der Waals surface area contributed by atoms with Crippen LogP contribution >= 0.6 is 11.8 Å².